The Labute approximate surface area is 98.8 Å². The summed E-state index contributed by atoms with van der Waals surface area (Å²) in [5, 5.41) is 0. The second-order valence-corrected chi connectivity index (χ2v) is 5.07. The second-order valence-electron chi connectivity index (χ2n) is 5.07. The van der Waals surface area contributed by atoms with Gasteiger partial charge < -0.3 is 15.5 Å². The number of amides is 1. The summed E-state index contributed by atoms with van der Waals surface area (Å²) < 4.78 is 0. The average molecular weight is 227 g/mol. The van der Waals surface area contributed by atoms with Crippen molar-refractivity contribution in [3.63, 3.8) is 0 Å². The van der Waals surface area contributed by atoms with E-state index < -0.39 is 0 Å². The van der Waals surface area contributed by atoms with Gasteiger partial charge in [-0.05, 0) is 39.8 Å². The molecule has 0 saturated carbocycles. The van der Waals surface area contributed by atoms with E-state index in [1.165, 1.54) is 12.8 Å². The Bertz CT molecular complexity index is 230. The number of likely N-dealkylation sites (N-methyl/N-ethyl adjacent to an activating group) is 2. The zero-order chi connectivity index (χ0) is 12.1. The van der Waals surface area contributed by atoms with Crippen LogP contribution in [0.1, 0.15) is 32.6 Å². The smallest absolute Gasteiger partial charge is 0.222 e. The first kappa shape index (κ1) is 13.5. The third kappa shape index (κ3) is 4.10. The highest BCUT2D eigenvalue weighted by atomic mass is 16.2. The molecule has 0 aromatic rings. The molecule has 16 heavy (non-hydrogen) atoms. The third-order valence-corrected chi connectivity index (χ3v) is 3.40. The molecule has 0 aliphatic carbocycles. The van der Waals surface area contributed by atoms with Crippen LogP contribution in [0.25, 0.3) is 0 Å². The van der Waals surface area contributed by atoms with Gasteiger partial charge in [0, 0.05) is 32.1 Å². The number of carbonyl (C=O) groups excluding carboxylic acids is 1. The highest BCUT2D eigenvalue weighted by Gasteiger charge is 2.23. The van der Waals surface area contributed by atoms with Gasteiger partial charge in [-0.25, -0.2) is 0 Å². The summed E-state index contributed by atoms with van der Waals surface area (Å²) in [5.74, 6) is 0.220. The lowest BCUT2D eigenvalue weighted by Gasteiger charge is -2.26. The number of likely N-dealkylation sites (tertiary alicyclic amines) is 1. The Hall–Kier alpha value is -0.610. The van der Waals surface area contributed by atoms with Crippen LogP contribution in [0.5, 0.6) is 0 Å². The summed E-state index contributed by atoms with van der Waals surface area (Å²) in [6.45, 7) is 3.96. The number of hydrogen-bond donors (Lipinski definition) is 1. The molecule has 1 amide bonds. The first-order valence-electron chi connectivity index (χ1n) is 6.20. The fourth-order valence-electron chi connectivity index (χ4n) is 2.17. The standard InChI is InChI=1S/C12H25N3O/c1-10(13)6-7-12(16)15(3)9-11-5-4-8-14(11)2/h10-11H,4-9,13H2,1-3H3. The van der Waals surface area contributed by atoms with Gasteiger partial charge in [-0.15, -0.1) is 0 Å². The molecule has 0 aromatic carbocycles. The largest absolute Gasteiger partial charge is 0.344 e. The van der Waals surface area contributed by atoms with Crippen LogP contribution >= 0.6 is 0 Å². The van der Waals surface area contributed by atoms with Crippen LogP contribution in [0, 0.1) is 0 Å². The van der Waals surface area contributed by atoms with Gasteiger partial charge in [-0.3, -0.25) is 4.79 Å². The molecule has 1 fully saturated rings. The van der Waals surface area contributed by atoms with Crippen LogP contribution in [-0.2, 0) is 4.79 Å². The van der Waals surface area contributed by atoms with Crippen molar-refractivity contribution in [3.8, 4) is 0 Å². The van der Waals surface area contributed by atoms with Gasteiger partial charge in [-0.1, -0.05) is 0 Å². The maximum absolute atomic E-state index is 11.8. The minimum Gasteiger partial charge on any atom is -0.344 e. The minimum absolute atomic E-state index is 0.117. The first-order valence-corrected chi connectivity index (χ1v) is 6.20. The van der Waals surface area contributed by atoms with Gasteiger partial charge >= 0.3 is 0 Å². The zero-order valence-corrected chi connectivity index (χ0v) is 10.8. The number of rotatable bonds is 5. The van der Waals surface area contributed by atoms with E-state index in [1.807, 2.05) is 18.9 Å². The van der Waals surface area contributed by atoms with E-state index in [2.05, 4.69) is 11.9 Å². The Morgan fingerprint density at radius 1 is 1.62 bits per heavy atom. The fraction of sp³-hybridized carbons (Fsp3) is 0.917. The minimum atomic E-state index is 0.117. The van der Waals surface area contributed by atoms with Crippen LogP contribution in [0.4, 0.5) is 0 Å². The monoisotopic (exact) mass is 227 g/mol. The fourth-order valence-corrected chi connectivity index (χ4v) is 2.17. The summed E-state index contributed by atoms with van der Waals surface area (Å²) in [4.78, 5) is 16.0. The van der Waals surface area contributed by atoms with Crippen molar-refractivity contribution in [2.24, 2.45) is 5.73 Å². The Balaban J connectivity index is 2.28. The van der Waals surface area contributed by atoms with Gasteiger partial charge in [0.2, 0.25) is 5.91 Å². The van der Waals surface area contributed by atoms with Gasteiger partial charge in [0.15, 0.2) is 0 Å². The summed E-state index contributed by atoms with van der Waals surface area (Å²) in [5.41, 5.74) is 5.65. The summed E-state index contributed by atoms with van der Waals surface area (Å²) in [6.07, 6.45) is 3.82. The van der Waals surface area contributed by atoms with Crippen LogP contribution < -0.4 is 5.73 Å². The zero-order valence-electron chi connectivity index (χ0n) is 10.8. The Morgan fingerprint density at radius 2 is 2.31 bits per heavy atom. The second kappa shape index (κ2) is 6.21. The molecule has 1 rings (SSSR count). The molecule has 1 aliphatic rings. The van der Waals surface area contributed by atoms with Gasteiger partial charge in [0.1, 0.15) is 0 Å². The van der Waals surface area contributed by atoms with Crippen LogP contribution in [-0.4, -0.2) is 55.0 Å². The molecule has 0 spiro atoms. The van der Waals surface area contributed by atoms with Crippen molar-refractivity contribution in [2.75, 3.05) is 27.2 Å². The molecule has 4 heteroatoms. The summed E-state index contributed by atoms with van der Waals surface area (Å²) >= 11 is 0. The van der Waals surface area contributed by atoms with E-state index in [0.717, 1.165) is 19.5 Å². The summed E-state index contributed by atoms with van der Waals surface area (Å²) in [7, 11) is 4.04. The van der Waals surface area contributed by atoms with E-state index >= 15 is 0 Å². The number of nitrogens with two attached hydrogens (primary N) is 1. The molecule has 0 aromatic heterocycles. The molecule has 1 saturated heterocycles. The molecular weight excluding hydrogens is 202 g/mol. The van der Waals surface area contributed by atoms with Gasteiger partial charge in [0.25, 0.3) is 0 Å². The Kier molecular flexibility index (Phi) is 5.22. The number of hydrogen-bond acceptors (Lipinski definition) is 3. The van der Waals surface area contributed by atoms with Gasteiger partial charge in [0.05, 0.1) is 0 Å². The van der Waals surface area contributed by atoms with Crippen molar-refractivity contribution >= 4 is 5.91 Å². The molecular formula is C12H25N3O. The molecule has 0 bridgehead atoms. The quantitative estimate of drug-likeness (QED) is 0.751. The molecule has 1 aliphatic heterocycles. The number of nitrogens with zero attached hydrogens (tertiary/aromatic N) is 2. The highest BCUT2D eigenvalue weighted by Crippen LogP contribution is 2.15. The molecule has 0 radical (unpaired) electrons. The van der Waals surface area contributed by atoms with Crippen LogP contribution in [0.2, 0.25) is 0 Å². The summed E-state index contributed by atoms with van der Waals surface area (Å²) in [6, 6.07) is 0.663. The maximum Gasteiger partial charge on any atom is 0.222 e. The molecule has 4 nitrogen and oxygen atoms in total. The molecule has 2 N–H and O–H groups in total. The third-order valence-electron chi connectivity index (χ3n) is 3.40. The van der Waals surface area contributed by atoms with E-state index in [9.17, 15) is 4.79 Å². The topological polar surface area (TPSA) is 49.6 Å². The average Bonchev–Trinajstić information content (AvgIpc) is 2.60. The van der Waals surface area contributed by atoms with Crippen molar-refractivity contribution in [1.82, 2.24) is 9.80 Å². The predicted octanol–water partition coefficient (Wildman–Crippen LogP) is 0.666. The van der Waals surface area contributed by atoms with E-state index in [-0.39, 0.29) is 11.9 Å². The van der Waals surface area contributed by atoms with E-state index in [4.69, 9.17) is 5.73 Å². The highest BCUT2D eigenvalue weighted by molar-refractivity contribution is 5.75. The SMILES string of the molecule is CC(N)CCC(=O)N(C)CC1CCCN1C. The van der Waals surface area contributed by atoms with Gasteiger partial charge in [-0.2, -0.15) is 0 Å². The van der Waals surface area contributed by atoms with Crippen molar-refractivity contribution in [1.29, 1.82) is 0 Å². The molecule has 2 atom stereocenters. The van der Waals surface area contributed by atoms with Crippen molar-refractivity contribution < 1.29 is 4.79 Å². The van der Waals surface area contributed by atoms with Crippen LogP contribution in [0.15, 0.2) is 0 Å². The normalized spacial score (nSPS) is 23.4. The van der Waals surface area contributed by atoms with E-state index in [0.29, 0.717) is 12.5 Å². The molecule has 94 valence electrons. The lowest BCUT2D eigenvalue weighted by atomic mass is 10.1. The lowest BCUT2D eigenvalue weighted by Crippen LogP contribution is -2.39. The maximum atomic E-state index is 11.8. The van der Waals surface area contributed by atoms with Crippen LogP contribution in [0.3, 0.4) is 0 Å². The van der Waals surface area contributed by atoms with E-state index in [1.54, 1.807) is 0 Å². The van der Waals surface area contributed by atoms with Crippen molar-refractivity contribution in [3.05, 3.63) is 0 Å². The number of carbonyl (C=O) groups is 1. The lowest BCUT2D eigenvalue weighted by molar-refractivity contribution is -0.130. The molecule has 1 heterocycles. The molecule has 2 unspecified atom stereocenters. The predicted molar refractivity (Wildman–Crippen MR) is 66.2 cm³/mol. The van der Waals surface area contributed by atoms with Crippen molar-refractivity contribution in [2.45, 2.75) is 44.7 Å². The first-order chi connectivity index (χ1) is 7.50. The Morgan fingerprint density at radius 3 is 2.81 bits per heavy atom.